The van der Waals surface area contributed by atoms with Gasteiger partial charge >= 0.3 is 5.97 Å². The standard InChI is InChI=1S/C12H18N2O5S.ClH/c1-13-10-4-3-5-14(7-10)20(16,17)11-6-9(8-19-11)12(15)18-2;/h6,8,10,13H,3-5,7H2,1-2H3;1H. The number of halogens is 1. The van der Waals surface area contributed by atoms with Crippen LogP contribution in [0.25, 0.3) is 0 Å². The second-order valence-electron chi connectivity index (χ2n) is 4.64. The summed E-state index contributed by atoms with van der Waals surface area (Å²) >= 11 is 0. The summed E-state index contributed by atoms with van der Waals surface area (Å²) in [7, 11) is -0.671. The van der Waals surface area contributed by atoms with Crippen molar-refractivity contribution in [1.29, 1.82) is 0 Å². The molecule has 9 heteroatoms. The molecule has 0 radical (unpaired) electrons. The number of piperidine rings is 1. The highest BCUT2D eigenvalue weighted by atomic mass is 35.5. The van der Waals surface area contributed by atoms with Gasteiger partial charge in [0, 0.05) is 25.2 Å². The molecule has 0 saturated carbocycles. The van der Waals surface area contributed by atoms with Gasteiger partial charge in [0.1, 0.15) is 6.26 Å². The molecule has 1 aromatic rings. The van der Waals surface area contributed by atoms with Crippen LogP contribution in [0.3, 0.4) is 0 Å². The molecule has 1 atom stereocenters. The zero-order chi connectivity index (χ0) is 14.8. The largest absolute Gasteiger partial charge is 0.465 e. The Bertz CT molecular complexity index is 586. The fourth-order valence-electron chi connectivity index (χ4n) is 2.20. The van der Waals surface area contributed by atoms with Crippen LogP contribution in [-0.4, -0.2) is 52.0 Å². The van der Waals surface area contributed by atoms with Gasteiger partial charge in [0.2, 0.25) is 5.09 Å². The van der Waals surface area contributed by atoms with Crippen LogP contribution in [-0.2, 0) is 14.8 Å². The molecule has 2 rings (SSSR count). The lowest BCUT2D eigenvalue weighted by Gasteiger charge is -2.30. The van der Waals surface area contributed by atoms with Gasteiger partial charge in [-0.25, -0.2) is 13.2 Å². The van der Waals surface area contributed by atoms with Crippen molar-refractivity contribution in [3.63, 3.8) is 0 Å². The summed E-state index contributed by atoms with van der Waals surface area (Å²) in [6, 6.07) is 1.33. The van der Waals surface area contributed by atoms with E-state index in [1.807, 2.05) is 7.05 Å². The minimum Gasteiger partial charge on any atom is -0.465 e. The van der Waals surface area contributed by atoms with Crippen molar-refractivity contribution in [1.82, 2.24) is 9.62 Å². The summed E-state index contributed by atoms with van der Waals surface area (Å²) in [5.74, 6) is -0.623. The van der Waals surface area contributed by atoms with Gasteiger partial charge < -0.3 is 14.5 Å². The first-order chi connectivity index (χ1) is 9.48. The number of sulfonamides is 1. The van der Waals surface area contributed by atoms with E-state index in [1.165, 1.54) is 17.5 Å². The van der Waals surface area contributed by atoms with Gasteiger partial charge in [-0.2, -0.15) is 4.31 Å². The zero-order valence-electron chi connectivity index (χ0n) is 11.9. The minimum atomic E-state index is -3.71. The fraction of sp³-hybridized carbons (Fsp3) is 0.583. The topological polar surface area (TPSA) is 88.9 Å². The van der Waals surface area contributed by atoms with Crippen LogP contribution in [0.2, 0.25) is 0 Å². The van der Waals surface area contributed by atoms with E-state index >= 15 is 0 Å². The van der Waals surface area contributed by atoms with Crippen LogP contribution in [0.5, 0.6) is 0 Å². The maximum atomic E-state index is 12.4. The van der Waals surface area contributed by atoms with Crippen molar-refractivity contribution in [2.75, 3.05) is 27.2 Å². The van der Waals surface area contributed by atoms with Crippen LogP contribution >= 0.6 is 12.4 Å². The van der Waals surface area contributed by atoms with Crippen LogP contribution < -0.4 is 5.32 Å². The van der Waals surface area contributed by atoms with Gasteiger partial charge in [-0.1, -0.05) is 0 Å². The summed E-state index contributed by atoms with van der Waals surface area (Å²) in [5.41, 5.74) is 0.0910. The Kier molecular flexibility index (Phi) is 6.21. The third kappa shape index (κ3) is 3.76. The number of esters is 1. The van der Waals surface area contributed by atoms with E-state index < -0.39 is 16.0 Å². The van der Waals surface area contributed by atoms with Crippen LogP contribution in [0.1, 0.15) is 23.2 Å². The van der Waals surface area contributed by atoms with Crippen molar-refractivity contribution in [3.8, 4) is 0 Å². The maximum absolute atomic E-state index is 12.4. The molecule has 1 fully saturated rings. The average Bonchev–Trinajstić information content (AvgIpc) is 2.97. The summed E-state index contributed by atoms with van der Waals surface area (Å²) < 4.78 is 35.8. The molecule has 1 aliphatic heterocycles. The van der Waals surface area contributed by atoms with Crippen LogP contribution in [0.4, 0.5) is 0 Å². The van der Waals surface area contributed by atoms with Crippen LogP contribution in [0, 0.1) is 0 Å². The molecule has 1 saturated heterocycles. The lowest BCUT2D eigenvalue weighted by molar-refractivity contribution is 0.0600. The van der Waals surface area contributed by atoms with Crippen molar-refractivity contribution >= 4 is 28.4 Å². The fourth-order valence-corrected chi connectivity index (χ4v) is 3.65. The molecule has 21 heavy (non-hydrogen) atoms. The average molecular weight is 339 g/mol. The number of nitrogens with zero attached hydrogens (tertiary/aromatic N) is 1. The summed E-state index contributed by atoms with van der Waals surface area (Å²) in [6.07, 6.45) is 2.82. The van der Waals surface area contributed by atoms with Crippen molar-refractivity contribution < 1.29 is 22.4 Å². The first-order valence-corrected chi connectivity index (χ1v) is 7.77. The quantitative estimate of drug-likeness (QED) is 0.819. The second-order valence-corrected chi connectivity index (χ2v) is 6.51. The van der Waals surface area contributed by atoms with Crippen molar-refractivity contribution in [2.45, 2.75) is 24.0 Å². The molecule has 0 aliphatic carbocycles. The Morgan fingerprint density at radius 2 is 2.24 bits per heavy atom. The third-order valence-corrected chi connectivity index (χ3v) is 5.12. The number of likely N-dealkylation sites (N-methyl/N-ethyl adjacent to an activating group) is 1. The highest BCUT2D eigenvalue weighted by Crippen LogP contribution is 2.22. The molecule has 2 heterocycles. The Labute approximate surface area is 130 Å². The Hall–Kier alpha value is -1.09. The van der Waals surface area contributed by atoms with Gasteiger partial charge in [0.25, 0.3) is 10.0 Å². The van der Waals surface area contributed by atoms with E-state index in [9.17, 15) is 13.2 Å². The number of nitrogens with one attached hydrogen (secondary N) is 1. The van der Waals surface area contributed by atoms with Gasteiger partial charge in [0.05, 0.1) is 12.7 Å². The predicted octanol–water partition coefficient (Wildman–Crippen LogP) is 0.861. The molecule has 1 aliphatic rings. The summed E-state index contributed by atoms with van der Waals surface area (Å²) in [4.78, 5) is 11.3. The van der Waals surface area contributed by atoms with Crippen molar-refractivity contribution in [3.05, 3.63) is 17.9 Å². The minimum absolute atomic E-state index is 0. The molecule has 0 spiro atoms. The van der Waals surface area contributed by atoms with E-state index in [-0.39, 0.29) is 29.1 Å². The van der Waals surface area contributed by atoms with E-state index in [2.05, 4.69) is 10.1 Å². The number of hydrogen-bond acceptors (Lipinski definition) is 6. The van der Waals surface area contributed by atoms with Gasteiger partial charge in [-0.3, -0.25) is 0 Å². The van der Waals surface area contributed by atoms with E-state index in [0.717, 1.165) is 19.1 Å². The molecular formula is C12H19ClN2O5S. The molecule has 1 aromatic heterocycles. The van der Waals surface area contributed by atoms with E-state index in [0.29, 0.717) is 13.1 Å². The van der Waals surface area contributed by atoms with Gasteiger partial charge in [-0.05, 0) is 19.9 Å². The first-order valence-electron chi connectivity index (χ1n) is 6.33. The maximum Gasteiger partial charge on any atom is 0.341 e. The highest BCUT2D eigenvalue weighted by Gasteiger charge is 2.32. The molecule has 1 unspecified atom stereocenters. The normalized spacial score (nSPS) is 19.8. The highest BCUT2D eigenvalue weighted by molar-refractivity contribution is 7.89. The van der Waals surface area contributed by atoms with E-state index in [1.54, 1.807) is 0 Å². The predicted molar refractivity (Wildman–Crippen MR) is 78.1 cm³/mol. The Morgan fingerprint density at radius 1 is 1.52 bits per heavy atom. The molecule has 0 amide bonds. The molecular weight excluding hydrogens is 320 g/mol. The number of hydrogen-bond donors (Lipinski definition) is 1. The summed E-state index contributed by atoms with van der Waals surface area (Å²) in [5, 5.41) is 2.85. The zero-order valence-corrected chi connectivity index (χ0v) is 13.5. The van der Waals surface area contributed by atoms with Crippen molar-refractivity contribution in [2.24, 2.45) is 0 Å². The van der Waals surface area contributed by atoms with Gasteiger partial charge in [-0.15, -0.1) is 12.4 Å². The number of carbonyl (C=O) groups is 1. The monoisotopic (exact) mass is 338 g/mol. The van der Waals surface area contributed by atoms with E-state index in [4.69, 9.17) is 4.42 Å². The first kappa shape index (κ1) is 18.0. The van der Waals surface area contributed by atoms with Crippen LogP contribution in [0.15, 0.2) is 21.8 Å². The lowest BCUT2D eigenvalue weighted by Crippen LogP contribution is -2.46. The Balaban J connectivity index is 0.00000220. The molecule has 120 valence electrons. The smallest absolute Gasteiger partial charge is 0.341 e. The Morgan fingerprint density at radius 3 is 2.86 bits per heavy atom. The SMILES string of the molecule is CNC1CCCN(S(=O)(=O)c2cc(C(=O)OC)co2)C1.Cl. The molecule has 0 aromatic carbocycles. The van der Waals surface area contributed by atoms with Gasteiger partial charge in [0.15, 0.2) is 0 Å². The number of rotatable bonds is 4. The number of ether oxygens (including phenoxy) is 1. The molecule has 7 nitrogen and oxygen atoms in total. The third-order valence-electron chi connectivity index (χ3n) is 3.38. The summed E-state index contributed by atoms with van der Waals surface area (Å²) in [6.45, 7) is 0.849. The lowest BCUT2D eigenvalue weighted by atomic mass is 10.1. The number of methoxy groups -OCH3 is 1. The number of carbonyl (C=O) groups excluding carboxylic acids is 1. The number of furan rings is 1. The second kappa shape index (κ2) is 7.26. The molecule has 1 N–H and O–H groups in total. The molecule has 0 bridgehead atoms.